The van der Waals surface area contributed by atoms with Gasteiger partial charge in [0.05, 0.1) is 6.61 Å². The number of ether oxygens (including phenoxy) is 1. The zero-order chi connectivity index (χ0) is 12.3. The van der Waals surface area contributed by atoms with E-state index in [0.717, 1.165) is 32.6 Å². The van der Waals surface area contributed by atoms with E-state index in [1.165, 1.54) is 0 Å². The summed E-state index contributed by atoms with van der Waals surface area (Å²) in [6.45, 7) is 6.95. The van der Waals surface area contributed by atoms with Crippen LogP contribution in [-0.2, 0) is 9.53 Å². The van der Waals surface area contributed by atoms with Crippen molar-refractivity contribution in [3.8, 4) is 0 Å². The van der Waals surface area contributed by atoms with Crippen LogP contribution in [0.1, 0.15) is 13.3 Å². The summed E-state index contributed by atoms with van der Waals surface area (Å²) in [5.41, 5.74) is 0. The molecule has 1 amide bonds. The molecule has 2 aliphatic rings. The molecule has 2 saturated heterocycles. The number of rotatable bonds is 2. The van der Waals surface area contributed by atoms with Crippen LogP contribution in [0.2, 0.25) is 0 Å². The minimum Gasteiger partial charge on any atom is -0.366 e. The number of nitrogens with one attached hydrogen (secondary N) is 1. The van der Waals surface area contributed by atoms with Crippen molar-refractivity contribution in [3.63, 3.8) is 0 Å². The van der Waals surface area contributed by atoms with E-state index in [9.17, 15) is 4.79 Å². The largest absolute Gasteiger partial charge is 0.366 e. The summed E-state index contributed by atoms with van der Waals surface area (Å²) in [4.78, 5) is 16.6. The topological polar surface area (TPSA) is 44.8 Å². The van der Waals surface area contributed by atoms with E-state index in [1.807, 2.05) is 4.90 Å². The first-order valence-corrected chi connectivity index (χ1v) is 6.53. The van der Waals surface area contributed by atoms with Gasteiger partial charge >= 0.3 is 0 Å². The molecule has 0 aromatic heterocycles. The maximum atomic E-state index is 12.3. The third-order valence-electron chi connectivity index (χ3n) is 3.76. The lowest BCUT2D eigenvalue weighted by Gasteiger charge is -2.40. The van der Waals surface area contributed by atoms with Crippen LogP contribution in [0, 0.1) is 0 Å². The molecule has 0 radical (unpaired) electrons. The van der Waals surface area contributed by atoms with E-state index in [4.69, 9.17) is 4.74 Å². The highest BCUT2D eigenvalue weighted by atomic mass is 16.5. The van der Waals surface area contributed by atoms with Crippen LogP contribution in [0.5, 0.6) is 0 Å². The van der Waals surface area contributed by atoms with Crippen molar-refractivity contribution in [2.24, 2.45) is 0 Å². The molecule has 2 heterocycles. The molecule has 1 N–H and O–H groups in total. The second kappa shape index (κ2) is 5.80. The average molecular weight is 241 g/mol. The molecular weight excluding hydrogens is 218 g/mol. The fraction of sp³-hybridized carbons (Fsp3) is 0.917. The van der Waals surface area contributed by atoms with Crippen LogP contribution < -0.4 is 5.32 Å². The van der Waals surface area contributed by atoms with Crippen LogP contribution >= 0.6 is 0 Å². The first-order valence-electron chi connectivity index (χ1n) is 6.53. The lowest BCUT2D eigenvalue weighted by molar-refractivity contribution is -0.148. The molecule has 2 unspecified atom stereocenters. The molecule has 5 nitrogen and oxygen atoms in total. The predicted molar refractivity (Wildman–Crippen MR) is 65.9 cm³/mol. The first-order chi connectivity index (χ1) is 8.22. The Morgan fingerprint density at radius 1 is 1.47 bits per heavy atom. The number of likely N-dealkylation sites (N-methyl/N-ethyl adjacent to an activating group) is 1. The SMILES string of the molecule is CCC1CN(C(=O)C2CNCCO2)CCN1C. The smallest absolute Gasteiger partial charge is 0.253 e. The van der Waals surface area contributed by atoms with Crippen molar-refractivity contribution in [1.82, 2.24) is 15.1 Å². The summed E-state index contributed by atoms with van der Waals surface area (Å²) in [5.74, 6) is 0.156. The Kier molecular flexibility index (Phi) is 4.36. The van der Waals surface area contributed by atoms with E-state index in [2.05, 4.69) is 24.2 Å². The fourth-order valence-corrected chi connectivity index (χ4v) is 2.51. The molecule has 0 aliphatic carbocycles. The van der Waals surface area contributed by atoms with Gasteiger partial charge in [0.1, 0.15) is 6.10 Å². The summed E-state index contributed by atoms with van der Waals surface area (Å²) in [7, 11) is 2.13. The third kappa shape index (κ3) is 2.97. The Balaban J connectivity index is 1.90. The highest BCUT2D eigenvalue weighted by molar-refractivity contribution is 5.81. The zero-order valence-electron chi connectivity index (χ0n) is 10.8. The molecule has 0 saturated carbocycles. The molecule has 0 bridgehead atoms. The number of carbonyl (C=O) groups is 1. The second-order valence-corrected chi connectivity index (χ2v) is 4.89. The highest BCUT2D eigenvalue weighted by Gasteiger charge is 2.31. The lowest BCUT2D eigenvalue weighted by atomic mass is 10.1. The number of morpholine rings is 1. The standard InChI is InChI=1S/C12H23N3O2/c1-3-10-9-15(6-5-14(10)2)12(16)11-8-13-4-7-17-11/h10-11,13H,3-9H2,1-2H3. The van der Waals surface area contributed by atoms with Gasteiger partial charge in [0, 0.05) is 38.8 Å². The van der Waals surface area contributed by atoms with Gasteiger partial charge in [0.15, 0.2) is 0 Å². The molecule has 5 heteroatoms. The fourth-order valence-electron chi connectivity index (χ4n) is 2.51. The summed E-state index contributed by atoms with van der Waals surface area (Å²) in [6, 6.07) is 0.490. The Bertz CT molecular complexity index is 266. The maximum absolute atomic E-state index is 12.3. The van der Waals surface area contributed by atoms with E-state index < -0.39 is 0 Å². The van der Waals surface area contributed by atoms with Crippen LogP contribution in [-0.4, -0.2) is 74.2 Å². The Morgan fingerprint density at radius 3 is 2.94 bits per heavy atom. The van der Waals surface area contributed by atoms with Crippen molar-refractivity contribution < 1.29 is 9.53 Å². The summed E-state index contributed by atoms with van der Waals surface area (Å²) in [5, 5.41) is 3.21. The quantitative estimate of drug-likeness (QED) is 0.710. The van der Waals surface area contributed by atoms with Gasteiger partial charge in [-0.05, 0) is 13.5 Å². The van der Waals surface area contributed by atoms with Crippen molar-refractivity contribution in [2.75, 3.05) is 46.4 Å². The maximum Gasteiger partial charge on any atom is 0.253 e. The number of hydrogen-bond donors (Lipinski definition) is 1. The molecule has 0 aromatic rings. The molecule has 17 heavy (non-hydrogen) atoms. The Labute approximate surface area is 103 Å². The minimum absolute atomic E-state index is 0.156. The molecule has 2 aliphatic heterocycles. The number of piperazine rings is 1. The van der Waals surface area contributed by atoms with Gasteiger partial charge in [0.2, 0.25) is 0 Å². The number of carbonyl (C=O) groups excluding carboxylic acids is 1. The normalized spacial score (nSPS) is 31.5. The van der Waals surface area contributed by atoms with E-state index in [0.29, 0.717) is 19.2 Å². The van der Waals surface area contributed by atoms with E-state index in [-0.39, 0.29) is 12.0 Å². The van der Waals surface area contributed by atoms with E-state index in [1.54, 1.807) is 0 Å². The summed E-state index contributed by atoms with van der Waals surface area (Å²) in [6.07, 6.45) is 0.814. The minimum atomic E-state index is -0.273. The third-order valence-corrected chi connectivity index (χ3v) is 3.76. The lowest BCUT2D eigenvalue weighted by Crippen LogP contribution is -2.57. The van der Waals surface area contributed by atoms with Gasteiger partial charge in [-0.1, -0.05) is 6.92 Å². The van der Waals surface area contributed by atoms with Crippen molar-refractivity contribution in [3.05, 3.63) is 0 Å². The van der Waals surface area contributed by atoms with Gasteiger partial charge < -0.3 is 15.0 Å². The van der Waals surface area contributed by atoms with Gasteiger partial charge in [0.25, 0.3) is 5.91 Å². The van der Waals surface area contributed by atoms with Crippen molar-refractivity contribution in [1.29, 1.82) is 0 Å². The molecule has 2 rings (SSSR count). The van der Waals surface area contributed by atoms with Gasteiger partial charge in [-0.25, -0.2) is 0 Å². The summed E-state index contributed by atoms with van der Waals surface area (Å²) < 4.78 is 5.52. The monoisotopic (exact) mass is 241 g/mol. The van der Waals surface area contributed by atoms with Gasteiger partial charge in [-0.15, -0.1) is 0 Å². The number of nitrogens with zero attached hydrogens (tertiary/aromatic N) is 2. The van der Waals surface area contributed by atoms with Crippen LogP contribution in [0.15, 0.2) is 0 Å². The van der Waals surface area contributed by atoms with Crippen LogP contribution in [0.3, 0.4) is 0 Å². The van der Waals surface area contributed by atoms with Crippen molar-refractivity contribution >= 4 is 5.91 Å². The number of hydrogen-bond acceptors (Lipinski definition) is 4. The first kappa shape index (κ1) is 12.8. The molecule has 0 spiro atoms. The zero-order valence-corrected chi connectivity index (χ0v) is 10.8. The molecule has 98 valence electrons. The van der Waals surface area contributed by atoms with Crippen LogP contribution in [0.4, 0.5) is 0 Å². The summed E-state index contributed by atoms with van der Waals surface area (Å²) >= 11 is 0. The Morgan fingerprint density at radius 2 is 2.29 bits per heavy atom. The highest BCUT2D eigenvalue weighted by Crippen LogP contribution is 2.13. The second-order valence-electron chi connectivity index (χ2n) is 4.89. The predicted octanol–water partition coefficient (Wildman–Crippen LogP) is -0.473. The Hall–Kier alpha value is -0.650. The number of amides is 1. The molecule has 2 fully saturated rings. The van der Waals surface area contributed by atoms with Crippen LogP contribution in [0.25, 0.3) is 0 Å². The van der Waals surface area contributed by atoms with Crippen molar-refractivity contribution in [2.45, 2.75) is 25.5 Å². The molecule has 0 aromatic carbocycles. The molecular formula is C12H23N3O2. The van der Waals surface area contributed by atoms with Gasteiger partial charge in [-0.2, -0.15) is 0 Å². The van der Waals surface area contributed by atoms with E-state index >= 15 is 0 Å². The average Bonchev–Trinajstić information content (AvgIpc) is 2.39. The van der Waals surface area contributed by atoms with Gasteiger partial charge in [-0.3, -0.25) is 9.69 Å². The molecule has 2 atom stereocenters.